The fourth-order valence-electron chi connectivity index (χ4n) is 2.64. The molecule has 27 heavy (non-hydrogen) atoms. The minimum absolute atomic E-state index is 0.452. The Labute approximate surface area is 172 Å². The summed E-state index contributed by atoms with van der Waals surface area (Å²) in [7, 11) is 0. The summed E-state index contributed by atoms with van der Waals surface area (Å²) in [5, 5.41) is 9.67. The summed E-state index contributed by atoms with van der Waals surface area (Å²) in [5.41, 5.74) is 2.56. The third-order valence-electron chi connectivity index (χ3n) is 4.00. The maximum Gasteiger partial charge on any atom is 0.231 e. The SMILES string of the molecule is CCN(CC)c1ccc(N=Nc2nc3ccc(OCCCl)cc3s2)c(Cl)c1. The number of ether oxygens (including phenoxy) is 1. The van der Waals surface area contributed by atoms with Crippen LogP contribution in [0.25, 0.3) is 10.2 Å². The molecular formula is C19H20Cl2N4OS. The van der Waals surface area contributed by atoms with E-state index in [1.807, 2.05) is 36.4 Å². The molecule has 0 amide bonds. The van der Waals surface area contributed by atoms with Gasteiger partial charge in [0.05, 0.1) is 21.1 Å². The molecule has 0 spiro atoms. The van der Waals surface area contributed by atoms with Crippen LogP contribution in [0.4, 0.5) is 16.5 Å². The molecule has 1 heterocycles. The van der Waals surface area contributed by atoms with Crippen molar-refractivity contribution < 1.29 is 4.74 Å². The second-order valence-corrected chi connectivity index (χ2v) is 7.47. The van der Waals surface area contributed by atoms with Gasteiger partial charge < -0.3 is 9.64 Å². The van der Waals surface area contributed by atoms with Gasteiger partial charge in [-0.05, 0) is 50.2 Å². The maximum absolute atomic E-state index is 6.38. The van der Waals surface area contributed by atoms with Crippen LogP contribution >= 0.6 is 34.5 Å². The number of rotatable bonds is 8. The molecule has 0 saturated carbocycles. The Balaban J connectivity index is 1.79. The van der Waals surface area contributed by atoms with Crippen LogP contribution in [-0.4, -0.2) is 30.6 Å². The lowest BCUT2D eigenvalue weighted by atomic mass is 10.2. The number of nitrogens with zero attached hydrogens (tertiary/aromatic N) is 4. The van der Waals surface area contributed by atoms with Gasteiger partial charge in [-0.2, -0.15) is 0 Å². The highest BCUT2D eigenvalue weighted by molar-refractivity contribution is 7.21. The fraction of sp³-hybridized carbons (Fsp3) is 0.316. The Bertz CT molecular complexity index is 941. The maximum atomic E-state index is 6.38. The van der Waals surface area contributed by atoms with Crippen molar-refractivity contribution >= 4 is 61.3 Å². The molecule has 3 rings (SSSR count). The monoisotopic (exact) mass is 422 g/mol. The Morgan fingerprint density at radius 1 is 1.11 bits per heavy atom. The second-order valence-electron chi connectivity index (χ2n) is 5.67. The third kappa shape index (κ3) is 4.89. The fourth-order valence-corrected chi connectivity index (χ4v) is 3.75. The summed E-state index contributed by atoms with van der Waals surface area (Å²) >= 11 is 13.5. The van der Waals surface area contributed by atoms with Gasteiger partial charge in [0.25, 0.3) is 0 Å². The van der Waals surface area contributed by atoms with Crippen molar-refractivity contribution in [2.24, 2.45) is 10.2 Å². The highest BCUT2D eigenvalue weighted by Crippen LogP contribution is 2.34. The summed E-state index contributed by atoms with van der Waals surface area (Å²) in [5.74, 6) is 1.22. The number of fused-ring (bicyclic) bond motifs is 1. The second kappa shape index (κ2) is 9.35. The quantitative estimate of drug-likeness (QED) is 0.295. The largest absolute Gasteiger partial charge is 0.492 e. The minimum Gasteiger partial charge on any atom is -0.492 e. The number of hydrogen-bond donors (Lipinski definition) is 0. The lowest BCUT2D eigenvalue weighted by Crippen LogP contribution is -2.21. The first-order valence-corrected chi connectivity index (χ1v) is 10.4. The van der Waals surface area contributed by atoms with E-state index in [0.29, 0.717) is 28.3 Å². The van der Waals surface area contributed by atoms with E-state index in [2.05, 4.69) is 34.0 Å². The van der Waals surface area contributed by atoms with E-state index in [1.165, 1.54) is 11.3 Å². The molecule has 0 unspecified atom stereocenters. The van der Waals surface area contributed by atoms with Crippen molar-refractivity contribution in [3.05, 3.63) is 41.4 Å². The molecule has 142 valence electrons. The number of aromatic nitrogens is 1. The van der Waals surface area contributed by atoms with Crippen LogP contribution in [0.3, 0.4) is 0 Å². The van der Waals surface area contributed by atoms with Crippen molar-refractivity contribution in [1.29, 1.82) is 0 Å². The van der Waals surface area contributed by atoms with E-state index in [4.69, 9.17) is 27.9 Å². The standard InChI is InChI=1S/C19H20Cl2N4OS/c1-3-25(4-2)13-5-7-16(15(21)11-13)23-24-19-22-17-8-6-14(26-10-9-20)12-18(17)27-19/h5-8,11-12H,3-4,9-10H2,1-2H3. The van der Waals surface area contributed by atoms with Crippen molar-refractivity contribution in [3.63, 3.8) is 0 Å². The predicted molar refractivity (Wildman–Crippen MR) is 115 cm³/mol. The van der Waals surface area contributed by atoms with E-state index >= 15 is 0 Å². The van der Waals surface area contributed by atoms with Gasteiger partial charge in [-0.25, -0.2) is 4.98 Å². The molecule has 0 saturated heterocycles. The van der Waals surface area contributed by atoms with Crippen molar-refractivity contribution in [1.82, 2.24) is 4.98 Å². The van der Waals surface area contributed by atoms with E-state index in [-0.39, 0.29) is 0 Å². The van der Waals surface area contributed by atoms with Gasteiger partial charge in [0.15, 0.2) is 0 Å². The van der Waals surface area contributed by atoms with Crippen LogP contribution in [0.15, 0.2) is 46.6 Å². The van der Waals surface area contributed by atoms with E-state index in [0.717, 1.165) is 34.7 Å². The summed E-state index contributed by atoms with van der Waals surface area (Å²) < 4.78 is 6.52. The Kier molecular flexibility index (Phi) is 6.88. The first-order chi connectivity index (χ1) is 13.1. The van der Waals surface area contributed by atoms with Crippen LogP contribution < -0.4 is 9.64 Å². The van der Waals surface area contributed by atoms with E-state index < -0.39 is 0 Å². The smallest absolute Gasteiger partial charge is 0.231 e. The molecule has 8 heteroatoms. The zero-order valence-electron chi connectivity index (χ0n) is 15.2. The molecule has 0 aliphatic heterocycles. The van der Waals surface area contributed by atoms with Gasteiger partial charge in [-0.3, -0.25) is 0 Å². The van der Waals surface area contributed by atoms with Gasteiger partial charge >= 0.3 is 0 Å². The van der Waals surface area contributed by atoms with E-state index in [9.17, 15) is 0 Å². The summed E-state index contributed by atoms with van der Waals surface area (Å²) in [4.78, 5) is 6.70. The molecule has 0 aliphatic carbocycles. The molecule has 3 aromatic rings. The van der Waals surface area contributed by atoms with Gasteiger partial charge in [-0.1, -0.05) is 22.9 Å². The number of thiazole rings is 1. The van der Waals surface area contributed by atoms with E-state index in [1.54, 1.807) is 0 Å². The average Bonchev–Trinajstić information content (AvgIpc) is 3.08. The van der Waals surface area contributed by atoms with Crippen LogP contribution in [0.5, 0.6) is 5.75 Å². The Morgan fingerprint density at radius 2 is 1.93 bits per heavy atom. The molecule has 5 nitrogen and oxygen atoms in total. The molecule has 2 aromatic carbocycles. The molecule has 1 aromatic heterocycles. The molecule has 0 bridgehead atoms. The van der Waals surface area contributed by atoms with Crippen molar-refractivity contribution in [3.8, 4) is 5.75 Å². The lowest BCUT2D eigenvalue weighted by Gasteiger charge is -2.21. The van der Waals surface area contributed by atoms with Gasteiger partial charge in [0, 0.05) is 18.8 Å². The molecule has 0 atom stereocenters. The van der Waals surface area contributed by atoms with Crippen LogP contribution in [-0.2, 0) is 0 Å². The van der Waals surface area contributed by atoms with Crippen molar-refractivity contribution in [2.75, 3.05) is 30.5 Å². The molecule has 0 radical (unpaired) electrons. The Hall–Kier alpha value is -1.89. The van der Waals surface area contributed by atoms with Crippen LogP contribution in [0, 0.1) is 0 Å². The summed E-state index contributed by atoms with van der Waals surface area (Å²) in [6, 6.07) is 11.5. The van der Waals surface area contributed by atoms with Gasteiger partial charge in [0.2, 0.25) is 5.13 Å². The highest BCUT2D eigenvalue weighted by atomic mass is 35.5. The van der Waals surface area contributed by atoms with Gasteiger partial charge in [0.1, 0.15) is 18.0 Å². The van der Waals surface area contributed by atoms with Crippen LogP contribution in [0.2, 0.25) is 5.02 Å². The Morgan fingerprint density at radius 3 is 2.63 bits per heavy atom. The third-order valence-corrected chi connectivity index (χ3v) is 5.36. The number of azo groups is 1. The first-order valence-electron chi connectivity index (χ1n) is 8.70. The average molecular weight is 423 g/mol. The number of halogens is 2. The van der Waals surface area contributed by atoms with Crippen molar-refractivity contribution in [2.45, 2.75) is 13.8 Å². The van der Waals surface area contributed by atoms with Gasteiger partial charge in [-0.15, -0.1) is 21.8 Å². The topological polar surface area (TPSA) is 50.1 Å². The number of hydrogen-bond acceptors (Lipinski definition) is 6. The molecule has 0 N–H and O–H groups in total. The molecule has 0 aliphatic rings. The lowest BCUT2D eigenvalue weighted by molar-refractivity contribution is 0.343. The summed E-state index contributed by atoms with van der Waals surface area (Å²) in [6.07, 6.45) is 0. The first kappa shape index (κ1) is 19.9. The normalized spacial score (nSPS) is 11.4. The number of alkyl halides is 1. The summed E-state index contributed by atoms with van der Waals surface area (Å²) in [6.45, 7) is 6.56. The van der Waals surface area contributed by atoms with Crippen LogP contribution in [0.1, 0.15) is 13.8 Å². The predicted octanol–water partition coefficient (Wildman–Crippen LogP) is 6.83. The zero-order chi connectivity index (χ0) is 19.2. The number of anilines is 1. The minimum atomic E-state index is 0.452. The molecular weight excluding hydrogens is 403 g/mol. The highest BCUT2D eigenvalue weighted by Gasteiger charge is 2.08. The molecule has 0 fully saturated rings. The zero-order valence-corrected chi connectivity index (χ0v) is 17.5. The number of benzene rings is 2.